The number of nitrogens with one attached hydrogen (secondary N) is 1. The van der Waals surface area contributed by atoms with E-state index >= 15 is 0 Å². The van der Waals surface area contributed by atoms with E-state index in [0.717, 1.165) is 59.7 Å². The van der Waals surface area contributed by atoms with Crippen LogP contribution in [-0.4, -0.2) is 33.4 Å². The molecule has 1 saturated heterocycles. The zero-order valence-electron chi connectivity index (χ0n) is 16.4. The fourth-order valence-electron chi connectivity index (χ4n) is 4.50. The van der Waals surface area contributed by atoms with Gasteiger partial charge in [0.1, 0.15) is 0 Å². The lowest BCUT2D eigenvalue weighted by atomic mass is 9.93. The van der Waals surface area contributed by atoms with E-state index in [1.807, 2.05) is 54.3 Å². The van der Waals surface area contributed by atoms with Crippen LogP contribution in [0.1, 0.15) is 37.8 Å². The molecule has 1 amide bonds. The Bertz CT molecular complexity index is 1130. The summed E-state index contributed by atoms with van der Waals surface area (Å²) in [6.07, 6.45) is 3.31. The molecule has 148 valence electrons. The predicted octanol–water partition coefficient (Wildman–Crippen LogP) is 4.99. The highest BCUT2D eigenvalue weighted by molar-refractivity contribution is 6.30. The second kappa shape index (κ2) is 7.23. The maximum absolute atomic E-state index is 13.7. The molecule has 5 nitrogen and oxygen atoms in total. The minimum absolute atomic E-state index is 0.100. The van der Waals surface area contributed by atoms with Crippen molar-refractivity contribution in [1.82, 2.24) is 14.5 Å². The number of hydrogen-bond acceptors (Lipinski definition) is 3. The molecule has 3 heterocycles. The number of fused-ring (bicyclic) bond motifs is 3. The van der Waals surface area contributed by atoms with Crippen molar-refractivity contribution in [3.05, 3.63) is 70.4 Å². The quantitative estimate of drug-likeness (QED) is 0.652. The molecule has 6 heteroatoms. The summed E-state index contributed by atoms with van der Waals surface area (Å²) in [6, 6.07) is 15.6. The number of carbonyl (C=O) groups is 1. The Kier molecular flexibility index (Phi) is 4.55. The van der Waals surface area contributed by atoms with E-state index in [1.165, 1.54) is 6.42 Å². The van der Waals surface area contributed by atoms with Crippen LogP contribution >= 0.6 is 11.6 Å². The van der Waals surface area contributed by atoms with Crippen molar-refractivity contribution in [2.45, 2.75) is 32.2 Å². The van der Waals surface area contributed by atoms with Gasteiger partial charge in [-0.15, -0.1) is 0 Å². The first-order chi connectivity index (χ1) is 14.1. The standard InChI is InChI=1S/C23H23ClN4O/c1-15-20(22(29)27-12-5-2-6-13-27)21(16-8-7-9-17(24)14-16)28-19-11-4-3-10-18(19)26-23(28)25-15/h3-4,7-11,14,21H,2,5-6,12-13H2,1H3,(H,25,26). The second-order valence-electron chi connectivity index (χ2n) is 7.77. The maximum atomic E-state index is 13.7. The van der Waals surface area contributed by atoms with Crippen molar-refractivity contribution in [2.24, 2.45) is 0 Å². The molecular formula is C23H23ClN4O. The molecule has 0 saturated carbocycles. The summed E-state index contributed by atoms with van der Waals surface area (Å²) in [7, 11) is 0. The van der Waals surface area contributed by atoms with Crippen molar-refractivity contribution >= 4 is 34.5 Å². The lowest BCUT2D eigenvalue weighted by Gasteiger charge is -2.35. The van der Waals surface area contributed by atoms with Gasteiger partial charge in [-0.2, -0.15) is 0 Å². The topological polar surface area (TPSA) is 50.2 Å². The Morgan fingerprint density at radius 1 is 1.10 bits per heavy atom. The van der Waals surface area contributed by atoms with Gasteiger partial charge in [0, 0.05) is 23.8 Å². The van der Waals surface area contributed by atoms with Crippen LogP contribution in [0.3, 0.4) is 0 Å². The van der Waals surface area contributed by atoms with E-state index in [0.29, 0.717) is 5.02 Å². The number of likely N-dealkylation sites (tertiary alicyclic amines) is 1. The number of allylic oxidation sites excluding steroid dienone is 1. The summed E-state index contributed by atoms with van der Waals surface area (Å²) in [5.41, 5.74) is 4.51. The van der Waals surface area contributed by atoms with E-state index < -0.39 is 0 Å². The normalized spacial score (nSPS) is 19.2. The average Bonchev–Trinajstić information content (AvgIpc) is 3.10. The maximum Gasteiger partial charge on any atom is 0.254 e. The van der Waals surface area contributed by atoms with Crippen LogP contribution in [-0.2, 0) is 4.79 Å². The second-order valence-corrected chi connectivity index (χ2v) is 8.20. The summed E-state index contributed by atoms with van der Waals surface area (Å²) < 4.78 is 2.13. The van der Waals surface area contributed by atoms with Gasteiger partial charge in [-0.3, -0.25) is 9.36 Å². The van der Waals surface area contributed by atoms with Gasteiger partial charge in [0.15, 0.2) is 0 Å². The third-order valence-corrected chi connectivity index (χ3v) is 6.10. The van der Waals surface area contributed by atoms with Gasteiger partial charge < -0.3 is 10.2 Å². The van der Waals surface area contributed by atoms with E-state index in [2.05, 4.69) is 16.0 Å². The van der Waals surface area contributed by atoms with Crippen LogP contribution in [0.5, 0.6) is 0 Å². The number of carbonyl (C=O) groups excluding carboxylic acids is 1. The Morgan fingerprint density at radius 2 is 1.90 bits per heavy atom. The molecule has 1 N–H and O–H groups in total. The molecule has 1 unspecified atom stereocenters. The van der Waals surface area contributed by atoms with Gasteiger partial charge in [0.05, 0.1) is 22.6 Å². The van der Waals surface area contributed by atoms with E-state index in [9.17, 15) is 4.79 Å². The van der Waals surface area contributed by atoms with Crippen molar-refractivity contribution in [3.8, 4) is 0 Å². The number of imidazole rings is 1. The summed E-state index contributed by atoms with van der Waals surface area (Å²) in [6.45, 7) is 3.60. The van der Waals surface area contributed by atoms with Crippen molar-refractivity contribution in [1.29, 1.82) is 0 Å². The fourth-order valence-corrected chi connectivity index (χ4v) is 4.70. The van der Waals surface area contributed by atoms with Crippen LogP contribution in [0.15, 0.2) is 59.8 Å². The van der Waals surface area contributed by atoms with Gasteiger partial charge in [0.25, 0.3) is 5.91 Å². The number of nitrogens with zero attached hydrogens (tertiary/aromatic N) is 3. The monoisotopic (exact) mass is 406 g/mol. The predicted molar refractivity (Wildman–Crippen MR) is 116 cm³/mol. The Morgan fingerprint density at radius 3 is 2.69 bits per heavy atom. The molecular weight excluding hydrogens is 384 g/mol. The first-order valence-corrected chi connectivity index (χ1v) is 10.5. The molecule has 2 aliphatic heterocycles. The zero-order chi connectivity index (χ0) is 20.0. The van der Waals surface area contributed by atoms with Gasteiger partial charge in [-0.1, -0.05) is 35.9 Å². The molecule has 0 radical (unpaired) electrons. The molecule has 29 heavy (non-hydrogen) atoms. The largest absolute Gasteiger partial charge is 0.339 e. The number of piperidine rings is 1. The SMILES string of the molecule is CC1=C(C(=O)N2CCCCC2)C(c2cccc(Cl)c2)n2c(nc3ccccc32)N1. The smallest absolute Gasteiger partial charge is 0.254 e. The van der Waals surface area contributed by atoms with Crippen molar-refractivity contribution in [2.75, 3.05) is 18.4 Å². The highest BCUT2D eigenvalue weighted by atomic mass is 35.5. The highest BCUT2D eigenvalue weighted by Crippen LogP contribution is 2.40. The highest BCUT2D eigenvalue weighted by Gasteiger charge is 2.36. The minimum atomic E-state index is -0.272. The number of rotatable bonds is 2. The molecule has 1 fully saturated rings. The minimum Gasteiger partial charge on any atom is -0.339 e. The van der Waals surface area contributed by atoms with Gasteiger partial charge >= 0.3 is 0 Å². The molecule has 0 bridgehead atoms. The average molecular weight is 407 g/mol. The molecule has 1 aromatic heterocycles. The summed E-state index contributed by atoms with van der Waals surface area (Å²) >= 11 is 6.34. The number of anilines is 1. The number of halogens is 1. The number of amides is 1. The van der Waals surface area contributed by atoms with E-state index in [-0.39, 0.29) is 11.9 Å². The summed E-state index contributed by atoms with van der Waals surface area (Å²) in [5.74, 6) is 0.854. The van der Waals surface area contributed by atoms with Crippen molar-refractivity contribution < 1.29 is 4.79 Å². The molecule has 3 aromatic rings. The molecule has 2 aromatic carbocycles. The Hall–Kier alpha value is -2.79. The number of aromatic nitrogens is 2. The van der Waals surface area contributed by atoms with Crippen LogP contribution in [0.2, 0.25) is 5.02 Å². The Labute approximate surface area is 175 Å². The summed E-state index contributed by atoms with van der Waals surface area (Å²) in [5, 5.41) is 4.05. The third-order valence-electron chi connectivity index (χ3n) is 5.87. The first kappa shape index (κ1) is 18.3. The van der Waals surface area contributed by atoms with Crippen LogP contribution in [0.25, 0.3) is 11.0 Å². The zero-order valence-corrected chi connectivity index (χ0v) is 17.1. The molecule has 5 rings (SSSR count). The van der Waals surface area contributed by atoms with Gasteiger partial charge in [-0.25, -0.2) is 4.98 Å². The summed E-state index contributed by atoms with van der Waals surface area (Å²) in [4.78, 5) is 20.4. The first-order valence-electron chi connectivity index (χ1n) is 10.1. The van der Waals surface area contributed by atoms with Crippen LogP contribution in [0, 0.1) is 0 Å². The third kappa shape index (κ3) is 3.10. The van der Waals surface area contributed by atoms with E-state index in [1.54, 1.807) is 0 Å². The van der Waals surface area contributed by atoms with Crippen molar-refractivity contribution in [3.63, 3.8) is 0 Å². The fraction of sp³-hybridized carbons (Fsp3) is 0.304. The number of hydrogen-bond donors (Lipinski definition) is 1. The van der Waals surface area contributed by atoms with Gasteiger partial charge in [-0.05, 0) is 56.0 Å². The van der Waals surface area contributed by atoms with Gasteiger partial charge in [0.2, 0.25) is 5.95 Å². The van der Waals surface area contributed by atoms with E-state index in [4.69, 9.17) is 16.6 Å². The van der Waals surface area contributed by atoms with Crippen LogP contribution in [0.4, 0.5) is 5.95 Å². The molecule has 0 aliphatic carbocycles. The Balaban J connectivity index is 1.71. The molecule has 2 aliphatic rings. The number of para-hydroxylation sites is 2. The lowest BCUT2D eigenvalue weighted by Crippen LogP contribution is -2.40. The molecule has 1 atom stereocenters. The lowest BCUT2D eigenvalue weighted by molar-refractivity contribution is -0.128. The number of benzene rings is 2. The molecule has 0 spiro atoms. The van der Waals surface area contributed by atoms with Crippen LogP contribution < -0.4 is 5.32 Å².